The minimum Gasteiger partial charge on any atom is -0.463 e. The zero-order valence-electron chi connectivity index (χ0n) is 44.9. The van der Waals surface area contributed by atoms with Crippen molar-refractivity contribution in [3.63, 3.8) is 0 Å². The van der Waals surface area contributed by atoms with Crippen LogP contribution < -0.4 is 0 Å². The molecule has 1 saturated heterocycles. The number of carbonyl (C=O) groups excluding carboxylic acids is 1. The summed E-state index contributed by atoms with van der Waals surface area (Å²) < 4.78 is 17.5. The summed E-state index contributed by atoms with van der Waals surface area (Å²) >= 11 is 0. The molecular formula is C62H94O7. The van der Waals surface area contributed by atoms with Gasteiger partial charge in [0.1, 0.15) is 31.0 Å². The van der Waals surface area contributed by atoms with Gasteiger partial charge in [-0.3, -0.25) is 4.79 Å². The SMILES string of the molecule is CCCCCCCCCCCCCCCC(=O)OC[C@H]1O[C@@H](OC(C)(C)CCC/C(C)=C/C=C/C(C)=C/C=C/C(C)=C/C=C/C=C(C)/C=C/C=C(C)/C=C/c2c(C)ccc(C)c2C)[C@H](O)[C@@H](O)[C@@H]1O. The number of aliphatic hydroxyl groups excluding tert-OH is 3. The van der Waals surface area contributed by atoms with E-state index in [1.807, 2.05) is 13.8 Å². The van der Waals surface area contributed by atoms with Gasteiger partial charge in [0, 0.05) is 6.42 Å². The maximum atomic E-state index is 12.5. The molecule has 0 aliphatic carbocycles. The molecule has 0 bridgehead atoms. The van der Waals surface area contributed by atoms with Gasteiger partial charge in [0.2, 0.25) is 0 Å². The third-order valence-electron chi connectivity index (χ3n) is 12.9. The molecule has 2 rings (SSSR count). The van der Waals surface area contributed by atoms with Crippen molar-refractivity contribution >= 4 is 12.0 Å². The lowest BCUT2D eigenvalue weighted by molar-refractivity contribution is -0.324. The molecule has 1 aromatic carbocycles. The van der Waals surface area contributed by atoms with Crippen molar-refractivity contribution in [3.05, 3.63) is 147 Å². The molecule has 1 aliphatic rings. The predicted octanol–water partition coefficient (Wildman–Crippen LogP) is 15.4. The standard InChI is InChI=1S/C62H94O7/c1-12-13-14-15-16-17-18-19-20-21-22-23-24-40-57(63)67-46-56-58(64)59(65)60(66)61(68-56)69-62(10,11)45-30-39-50(5)37-28-36-49(4)35-27-33-47(2)31-25-26-32-48(3)34-29-38-51(6)41-44-55-53(8)43-42-52(7)54(55)9/h25-29,31-38,41-44,56,58-61,64-66H,12-24,30,39-40,45-46H2,1-11H3/b26-25+,33-27+,34-29+,36-28+,44-41+,47-31+,48-32+,49-35+,50-37+,51-38+/t56-,58-,59+,60-,61+/m1/s1. The number of aliphatic hydroxyl groups is 3. The molecule has 0 amide bonds. The Bertz CT molecular complexity index is 1960. The topological polar surface area (TPSA) is 105 Å². The van der Waals surface area contributed by atoms with Gasteiger partial charge in [-0.2, -0.15) is 0 Å². The molecule has 69 heavy (non-hydrogen) atoms. The minimum atomic E-state index is -1.49. The summed E-state index contributed by atoms with van der Waals surface area (Å²) in [5, 5.41) is 32.0. The largest absolute Gasteiger partial charge is 0.463 e. The molecule has 0 aromatic heterocycles. The number of unbranched alkanes of at least 4 members (excludes halogenated alkanes) is 12. The third kappa shape index (κ3) is 27.2. The maximum Gasteiger partial charge on any atom is 0.305 e. The zero-order chi connectivity index (χ0) is 51.0. The van der Waals surface area contributed by atoms with E-state index in [2.05, 4.69) is 166 Å². The second-order valence-electron chi connectivity index (χ2n) is 20.1. The number of aryl methyl sites for hydroxylation is 2. The number of hydrogen-bond acceptors (Lipinski definition) is 7. The van der Waals surface area contributed by atoms with Gasteiger partial charge in [0.15, 0.2) is 6.29 Å². The van der Waals surface area contributed by atoms with E-state index in [0.29, 0.717) is 12.8 Å². The fourth-order valence-electron chi connectivity index (χ4n) is 8.08. The van der Waals surface area contributed by atoms with E-state index in [1.54, 1.807) is 0 Å². The quantitative estimate of drug-likeness (QED) is 0.0375. The van der Waals surface area contributed by atoms with E-state index in [1.165, 1.54) is 103 Å². The van der Waals surface area contributed by atoms with Crippen molar-refractivity contribution in [2.75, 3.05) is 6.61 Å². The first kappa shape index (κ1) is 61.0. The second kappa shape index (κ2) is 35.1. The molecule has 7 nitrogen and oxygen atoms in total. The average molecular weight is 951 g/mol. The molecule has 0 spiro atoms. The molecule has 0 radical (unpaired) electrons. The Hall–Kier alpha value is -4.11. The number of ether oxygens (including phenoxy) is 3. The first-order valence-electron chi connectivity index (χ1n) is 26.3. The molecule has 1 aromatic rings. The van der Waals surface area contributed by atoms with Crippen molar-refractivity contribution in [2.24, 2.45) is 0 Å². The van der Waals surface area contributed by atoms with Crippen LogP contribution in [-0.2, 0) is 19.0 Å². The molecule has 0 saturated carbocycles. The molecule has 7 heteroatoms. The number of benzene rings is 1. The molecule has 0 unspecified atom stereocenters. The van der Waals surface area contributed by atoms with Crippen LogP contribution in [0.15, 0.2) is 125 Å². The number of carbonyl (C=O) groups is 1. The zero-order valence-corrected chi connectivity index (χ0v) is 44.9. The van der Waals surface area contributed by atoms with Crippen LogP contribution in [0, 0.1) is 20.8 Å². The first-order chi connectivity index (χ1) is 32.9. The van der Waals surface area contributed by atoms with Crippen LogP contribution in [0.5, 0.6) is 0 Å². The van der Waals surface area contributed by atoms with Crippen LogP contribution >= 0.6 is 0 Å². The number of hydrogen-bond donors (Lipinski definition) is 3. The van der Waals surface area contributed by atoms with Gasteiger partial charge in [-0.15, -0.1) is 0 Å². The van der Waals surface area contributed by atoms with Crippen LogP contribution in [-0.4, -0.2) is 64.2 Å². The highest BCUT2D eigenvalue weighted by Crippen LogP contribution is 2.29. The van der Waals surface area contributed by atoms with E-state index in [9.17, 15) is 20.1 Å². The molecular weight excluding hydrogens is 857 g/mol. The van der Waals surface area contributed by atoms with Gasteiger partial charge in [-0.05, 0) is 117 Å². The summed E-state index contributed by atoms with van der Waals surface area (Å²) in [5.41, 5.74) is 10.5. The van der Waals surface area contributed by atoms with Crippen LogP contribution in [0.1, 0.15) is 187 Å². The lowest BCUT2D eigenvalue weighted by atomic mass is 9.96. The van der Waals surface area contributed by atoms with Gasteiger partial charge in [0.25, 0.3) is 0 Å². The van der Waals surface area contributed by atoms with E-state index < -0.39 is 36.3 Å². The summed E-state index contributed by atoms with van der Waals surface area (Å²) in [6, 6.07) is 4.37. The second-order valence-corrected chi connectivity index (χ2v) is 20.1. The fourth-order valence-corrected chi connectivity index (χ4v) is 8.08. The summed E-state index contributed by atoms with van der Waals surface area (Å²) in [4.78, 5) is 12.5. The Labute approximate surface area is 420 Å². The van der Waals surface area contributed by atoms with Crippen molar-refractivity contribution in [3.8, 4) is 0 Å². The van der Waals surface area contributed by atoms with Gasteiger partial charge in [-0.1, -0.05) is 215 Å². The van der Waals surface area contributed by atoms with Crippen molar-refractivity contribution in [1.29, 1.82) is 0 Å². The van der Waals surface area contributed by atoms with Gasteiger partial charge >= 0.3 is 5.97 Å². The van der Waals surface area contributed by atoms with Gasteiger partial charge in [0.05, 0.1) is 5.60 Å². The maximum absolute atomic E-state index is 12.5. The molecule has 1 aliphatic heterocycles. The summed E-state index contributed by atoms with van der Waals surface area (Å²) in [6.07, 6.45) is 43.8. The Kier molecular flexibility index (Phi) is 31.0. The van der Waals surface area contributed by atoms with Crippen LogP contribution in [0.25, 0.3) is 6.08 Å². The average Bonchev–Trinajstić information content (AvgIpc) is 3.30. The predicted molar refractivity (Wildman–Crippen MR) is 292 cm³/mol. The van der Waals surface area contributed by atoms with Crippen molar-refractivity contribution < 1.29 is 34.3 Å². The van der Waals surface area contributed by atoms with E-state index in [-0.39, 0.29) is 12.6 Å². The van der Waals surface area contributed by atoms with Crippen LogP contribution in [0.2, 0.25) is 0 Å². The van der Waals surface area contributed by atoms with Crippen molar-refractivity contribution in [1.82, 2.24) is 0 Å². The number of rotatable bonds is 32. The Morgan fingerprint density at radius 1 is 0.594 bits per heavy atom. The highest BCUT2D eigenvalue weighted by molar-refractivity contribution is 5.69. The fraction of sp³-hybridized carbons (Fsp3) is 0.565. The highest BCUT2D eigenvalue weighted by Gasteiger charge is 2.46. The molecule has 5 atom stereocenters. The number of esters is 1. The van der Waals surface area contributed by atoms with E-state index in [0.717, 1.165) is 43.3 Å². The Balaban J connectivity index is 1.71. The Morgan fingerprint density at radius 3 is 1.62 bits per heavy atom. The van der Waals surface area contributed by atoms with Crippen molar-refractivity contribution in [2.45, 2.75) is 222 Å². The molecule has 3 N–H and O–H groups in total. The van der Waals surface area contributed by atoms with Gasteiger partial charge in [-0.25, -0.2) is 0 Å². The summed E-state index contributed by atoms with van der Waals surface area (Å²) in [5.74, 6) is -0.355. The minimum absolute atomic E-state index is 0.219. The smallest absolute Gasteiger partial charge is 0.305 e. The monoisotopic (exact) mass is 951 g/mol. The summed E-state index contributed by atoms with van der Waals surface area (Å²) in [7, 11) is 0. The van der Waals surface area contributed by atoms with Crippen LogP contribution in [0.4, 0.5) is 0 Å². The summed E-state index contributed by atoms with van der Waals surface area (Å²) in [6.45, 7) is 22.9. The first-order valence-corrected chi connectivity index (χ1v) is 26.3. The normalized spacial score (nSPS) is 20.6. The van der Waals surface area contributed by atoms with E-state index >= 15 is 0 Å². The molecule has 384 valence electrons. The lowest BCUT2D eigenvalue weighted by Gasteiger charge is -2.42. The van der Waals surface area contributed by atoms with E-state index in [4.69, 9.17) is 14.2 Å². The third-order valence-corrected chi connectivity index (χ3v) is 12.9. The lowest BCUT2D eigenvalue weighted by Crippen LogP contribution is -2.60. The number of allylic oxidation sites excluding steroid dienone is 19. The van der Waals surface area contributed by atoms with Crippen LogP contribution in [0.3, 0.4) is 0 Å². The molecule has 1 fully saturated rings. The Morgan fingerprint density at radius 2 is 1.07 bits per heavy atom. The molecule has 1 heterocycles. The highest BCUT2D eigenvalue weighted by atomic mass is 16.7. The van der Waals surface area contributed by atoms with Gasteiger partial charge < -0.3 is 29.5 Å².